The molecule has 2 heterocycles. The SMILES string of the molecule is CCn1cc(CCn2cnn(C)c2=O)cn1. The maximum atomic E-state index is 11.5. The Labute approximate surface area is 93.1 Å². The van der Waals surface area contributed by atoms with Crippen LogP contribution in [0.25, 0.3) is 0 Å². The van der Waals surface area contributed by atoms with Crippen LogP contribution >= 0.6 is 0 Å². The quantitative estimate of drug-likeness (QED) is 0.732. The van der Waals surface area contributed by atoms with Gasteiger partial charge in [0.25, 0.3) is 0 Å². The Morgan fingerprint density at radius 1 is 1.38 bits per heavy atom. The molecule has 0 fully saturated rings. The molecule has 0 spiro atoms. The molecular weight excluding hydrogens is 206 g/mol. The van der Waals surface area contributed by atoms with Crippen molar-refractivity contribution in [2.24, 2.45) is 7.05 Å². The van der Waals surface area contributed by atoms with Crippen molar-refractivity contribution in [2.45, 2.75) is 26.4 Å². The van der Waals surface area contributed by atoms with Crippen molar-refractivity contribution in [3.05, 3.63) is 34.8 Å². The van der Waals surface area contributed by atoms with E-state index in [-0.39, 0.29) is 5.69 Å². The smallest absolute Gasteiger partial charge is 0.281 e. The number of aromatic nitrogens is 5. The minimum absolute atomic E-state index is 0.0807. The largest absolute Gasteiger partial charge is 0.345 e. The normalized spacial score (nSPS) is 10.9. The van der Waals surface area contributed by atoms with Crippen molar-refractivity contribution in [3.8, 4) is 0 Å². The van der Waals surface area contributed by atoms with Gasteiger partial charge in [0.15, 0.2) is 0 Å². The fourth-order valence-electron chi connectivity index (χ4n) is 1.54. The van der Waals surface area contributed by atoms with Gasteiger partial charge in [-0.25, -0.2) is 9.48 Å². The van der Waals surface area contributed by atoms with Gasteiger partial charge in [0.05, 0.1) is 6.20 Å². The average Bonchev–Trinajstić information content (AvgIpc) is 2.86. The fourth-order valence-corrected chi connectivity index (χ4v) is 1.54. The lowest BCUT2D eigenvalue weighted by Gasteiger charge is -1.97. The molecule has 0 atom stereocenters. The molecule has 0 unspecified atom stereocenters. The van der Waals surface area contributed by atoms with Crippen LogP contribution in [-0.2, 0) is 26.6 Å². The van der Waals surface area contributed by atoms with E-state index in [2.05, 4.69) is 10.2 Å². The van der Waals surface area contributed by atoms with Crippen LogP contribution in [0.4, 0.5) is 0 Å². The van der Waals surface area contributed by atoms with Crippen LogP contribution in [0.5, 0.6) is 0 Å². The zero-order valence-corrected chi connectivity index (χ0v) is 9.50. The maximum Gasteiger partial charge on any atom is 0.345 e. The summed E-state index contributed by atoms with van der Waals surface area (Å²) in [6.07, 6.45) is 6.20. The van der Waals surface area contributed by atoms with Gasteiger partial charge in [0, 0.05) is 26.3 Å². The minimum Gasteiger partial charge on any atom is -0.281 e. The van der Waals surface area contributed by atoms with Crippen molar-refractivity contribution in [1.29, 1.82) is 0 Å². The van der Waals surface area contributed by atoms with Crippen molar-refractivity contribution >= 4 is 0 Å². The third-order valence-electron chi connectivity index (χ3n) is 2.54. The van der Waals surface area contributed by atoms with Crippen molar-refractivity contribution < 1.29 is 0 Å². The number of hydrogen-bond donors (Lipinski definition) is 0. The van der Waals surface area contributed by atoms with Crippen LogP contribution in [0.3, 0.4) is 0 Å². The topological polar surface area (TPSA) is 57.6 Å². The molecule has 0 amide bonds. The molecule has 0 bridgehead atoms. The molecule has 0 aromatic carbocycles. The Morgan fingerprint density at radius 2 is 2.19 bits per heavy atom. The van der Waals surface area contributed by atoms with Crippen LogP contribution in [0.15, 0.2) is 23.5 Å². The Hall–Kier alpha value is -1.85. The zero-order valence-electron chi connectivity index (χ0n) is 9.50. The standard InChI is InChI=1S/C10H15N5O/c1-3-15-7-9(6-11-15)4-5-14-8-12-13(2)10(14)16/h6-8H,3-5H2,1-2H3. The molecule has 0 saturated heterocycles. The summed E-state index contributed by atoms with van der Waals surface area (Å²) in [6, 6.07) is 0. The van der Waals surface area contributed by atoms with E-state index in [1.807, 2.05) is 24.0 Å². The highest BCUT2D eigenvalue weighted by atomic mass is 16.2. The van der Waals surface area contributed by atoms with Gasteiger partial charge in [0.2, 0.25) is 0 Å². The van der Waals surface area contributed by atoms with E-state index in [0.717, 1.165) is 18.5 Å². The molecule has 0 N–H and O–H groups in total. The summed E-state index contributed by atoms with van der Waals surface area (Å²) in [6.45, 7) is 3.55. The molecule has 2 rings (SSSR count). The fraction of sp³-hybridized carbons (Fsp3) is 0.500. The van der Waals surface area contributed by atoms with E-state index in [1.165, 1.54) is 4.68 Å². The molecule has 6 heteroatoms. The molecule has 6 nitrogen and oxygen atoms in total. The van der Waals surface area contributed by atoms with Crippen molar-refractivity contribution in [1.82, 2.24) is 24.1 Å². The first-order valence-corrected chi connectivity index (χ1v) is 5.30. The van der Waals surface area contributed by atoms with Gasteiger partial charge in [0.1, 0.15) is 6.33 Å². The van der Waals surface area contributed by atoms with Crippen LogP contribution in [0.2, 0.25) is 0 Å². The third-order valence-corrected chi connectivity index (χ3v) is 2.54. The second-order valence-electron chi connectivity index (χ2n) is 3.68. The summed E-state index contributed by atoms with van der Waals surface area (Å²) >= 11 is 0. The Balaban J connectivity index is 2.02. The zero-order chi connectivity index (χ0) is 11.5. The maximum absolute atomic E-state index is 11.5. The van der Waals surface area contributed by atoms with Gasteiger partial charge in [-0.15, -0.1) is 0 Å². The van der Waals surface area contributed by atoms with Gasteiger partial charge in [-0.1, -0.05) is 0 Å². The number of nitrogens with zero attached hydrogens (tertiary/aromatic N) is 5. The highest BCUT2D eigenvalue weighted by molar-refractivity contribution is 5.03. The Bertz CT molecular complexity index is 521. The predicted octanol–water partition coefficient (Wildman–Crippen LogP) is 0.0409. The molecule has 0 radical (unpaired) electrons. The van der Waals surface area contributed by atoms with Gasteiger partial charge in [-0.05, 0) is 18.9 Å². The van der Waals surface area contributed by atoms with E-state index in [9.17, 15) is 4.79 Å². The summed E-state index contributed by atoms with van der Waals surface area (Å²) in [5.41, 5.74) is 1.06. The summed E-state index contributed by atoms with van der Waals surface area (Å²) in [5, 5.41) is 8.08. The monoisotopic (exact) mass is 221 g/mol. The lowest BCUT2D eigenvalue weighted by atomic mass is 10.2. The van der Waals surface area contributed by atoms with Gasteiger partial charge in [-0.2, -0.15) is 10.2 Å². The summed E-state index contributed by atoms with van der Waals surface area (Å²) in [7, 11) is 1.65. The highest BCUT2D eigenvalue weighted by Gasteiger charge is 2.02. The van der Waals surface area contributed by atoms with E-state index in [1.54, 1.807) is 17.9 Å². The lowest BCUT2D eigenvalue weighted by Crippen LogP contribution is -2.23. The first-order valence-electron chi connectivity index (χ1n) is 5.30. The van der Waals surface area contributed by atoms with E-state index < -0.39 is 0 Å². The molecule has 2 aromatic rings. The van der Waals surface area contributed by atoms with Crippen LogP contribution in [0.1, 0.15) is 12.5 Å². The summed E-state index contributed by atoms with van der Waals surface area (Å²) in [5.74, 6) is 0. The molecule has 0 aliphatic heterocycles. The number of rotatable bonds is 4. The number of aryl methyl sites for hydroxylation is 4. The van der Waals surface area contributed by atoms with E-state index >= 15 is 0 Å². The van der Waals surface area contributed by atoms with Gasteiger partial charge < -0.3 is 0 Å². The molecule has 86 valence electrons. The molecule has 0 saturated carbocycles. The van der Waals surface area contributed by atoms with E-state index in [4.69, 9.17) is 0 Å². The molecule has 0 aliphatic carbocycles. The predicted molar refractivity (Wildman–Crippen MR) is 59.1 cm³/mol. The van der Waals surface area contributed by atoms with Crippen LogP contribution < -0.4 is 5.69 Å². The first-order chi connectivity index (χ1) is 7.70. The average molecular weight is 221 g/mol. The van der Waals surface area contributed by atoms with Crippen molar-refractivity contribution in [2.75, 3.05) is 0 Å². The summed E-state index contributed by atoms with van der Waals surface area (Å²) in [4.78, 5) is 11.5. The van der Waals surface area contributed by atoms with Crippen LogP contribution in [0, 0.1) is 0 Å². The summed E-state index contributed by atoms with van der Waals surface area (Å²) < 4.78 is 4.81. The van der Waals surface area contributed by atoms with Gasteiger partial charge >= 0.3 is 5.69 Å². The second kappa shape index (κ2) is 4.34. The van der Waals surface area contributed by atoms with E-state index in [0.29, 0.717) is 6.54 Å². The molecule has 16 heavy (non-hydrogen) atoms. The van der Waals surface area contributed by atoms with Crippen LogP contribution in [-0.4, -0.2) is 24.1 Å². The number of hydrogen-bond acceptors (Lipinski definition) is 3. The lowest BCUT2D eigenvalue weighted by molar-refractivity contribution is 0.640. The van der Waals surface area contributed by atoms with Gasteiger partial charge in [-0.3, -0.25) is 9.25 Å². The Kier molecular flexibility index (Phi) is 2.89. The highest BCUT2D eigenvalue weighted by Crippen LogP contribution is 1.99. The molecule has 0 aliphatic rings. The molecule has 2 aromatic heterocycles. The third kappa shape index (κ3) is 2.05. The second-order valence-corrected chi connectivity index (χ2v) is 3.68. The first kappa shape index (κ1) is 10.7. The van der Waals surface area contributed by atoms with Crippen molar-refractivity contribution in [3.63, 3.8) is 0 Å². The Morgan fingerprint density at radius 3 is 2.75 bits per heavy atom. The minimum atomic E-state index is -0.0807. The molecular formula is C10H15N5O.